The van der Waals surface area contributed by atoms with Crippen LogP contribution in [0.5, 0.6) is 0 Å². The van der Waals surface area contributed by atoms with E-state index in [4.69, 9.17) is 33.4 Å². The molecule has 1 atom stereocenters. The van der Waals surface area contributed by atoms with Crippen molar-refractivity contribution in [3.05, 3.63) is 0 Å². The summed E-state index contributed by atoms with van der Waals surface area (Å²) in [4.78, 5) is 36.6. The van der Waals surface area contributed by atoms with Crippen LogP contribution in [0.1, 0.15) is 130 Å². The number of hydrogen-bond acceptors (Lipinski definition) is 11. The van der Waals surface area contributed by atoms with Gasteiger partial charge in [-0.15, -0.1) is 0 Å². The van der Waals surface area contributed by atoms with Crippen molar-refractivity contribution in [2.24, 2.45) is 0 Å². The third-order valence-corrected chi connectivity index (χ3v) is 8.69. The highest BCUT2D eigenvalue weighted by Gasteiger charge is 2.31. The Morgan fingerprint density at radius 3 is 1.43 bits per heavy atom. The lowest BCUT2D eigenvalue weighted by Gasteiger charge is -2.29. The first-order valence-corrected chi connectivity index (χ1v) is 18.9. The SMILES string of the molecule is CCCCCCCCOC(=O)OCCCOP(=O)(NC(=N)N(C)C(CCCC)C(=O)O)OCCCOC(=O)OCCCCCCCC. The van der Waals surface area contributed by atoms with E-state index in [0.29, 0.717) is 6.42 Å². The molecule has 0 radical (unpaired) electrons. The second-order valence-electron chi connectivity index (χ2n) is 11.4. The molecule has 0 saturated carbocycles. The van der Waals surface area contributed by atoms with Crippen molar-refractivity contribution in [3.8, 4) is 0 Å². The molecule has 276 valence electrons. The van der Waals surface area contributed by atoms with Crippen molar-refractivity contribution < 1.29 is 52.1 Å². The molecule has 14 nitrogen and oxygen atoms in total. The quantitative estimate of drug-likeness (QED) is 0.0216. The molecule has 47 heavy (non-hydrogen) atoms. The number of carbonyl (C=O) groups is 3. The van der Waals surface area contributed by atoms with Gasteiger partial charge in [0.15, 0.2) is 0 Å². The molecule has 0 heterocycles. The number of likely N-dealkylation sites (N-methyl/N-ethyl adjacent to an activating group) is 1. The zero-order chi connectivity index (χ0) is 35.2. The van der Waals surface area contributed by atoms with Crippen LogP contribution in [0.15, 0.2) is 0 Å². The molecule has 0 amide bonds. The van der Waals surface area contributed by atoms with E-state index in [1.54, 1.807) is 0 Å². The van der Waals surface area contributed by atoms with E-state index in [-0.39, 0.29) is 58.9 Å². The molecule has 0 aromatic rings. The number of unbranched alkanes of at least 4 members (excludes halogenated alkanes) is 11. The summed E-state index contributed by atoms with van der Waals surface area (Å²) in [6.45, 7) is 6.35. The van der Waals surface area contributed by atoms with Crippen molar-refractivity contribution >= 4 is 32.0 Å². The number of carbonyl (C=O) groups excluding carboxylic acids is 2. The van der Waals surface area contributed by atoms with Crippen LogP contribution in [0.2, 0.25) is 0 Å². The Bertz CT molecular complexity index is 850. The predicted molar refractivity (Wildman–Crippen MR) is 180 cm³/mol. The van der Waals surface area contributed by atoms with E-state index >= 15 is 0 Å². The normalized spacial score (nSPS) is 11.8. The van der Waals surface area contributed by atoms with Gasteiger partial charge in [-0.2, -0.15) is 0 Å². The number of rotatable bonds is 30. The van der Waals surface area contributed by atoms with Gasteiger partial charge in [-0.3, -0.25) is 19.5 Å². The maximum Gasteiger partial charge on any atom is 0.508 e. The minimum absolute atomic E-state index is 0.0561. The highest BCUT2D eigenvalue weighted by atomic mass is 31.2. The lowest BCUT2D eigenvalue weighted by molar-refractivity contribution is -0.141. The average molecular weight is 696 g/mol. The molecule has 0 spiro atoms. The maximum atomic E-state index is 13.5. The predicted octanol–water partition coefficient (Wildman–Crippen LogP) is 8.03. The lowest BCUT2D eigenvalue weighted by Crippen LogP contribution is -2.47. The highest BCUT2D eigenvalue weighted by molar-refractivity contribution is 7.52. The molecule has 0 aliphatic heterocycles. The zero-order valence-electron chi connectivity index (χ0n) is 29.3. The van der Waals surface area contributed by atoms with E-state index in [0.717, 1.165) is 49.8 Å². The standard InChI is InChI=1S/C32H62N3O11P/c1-5-8-11-13-15-17-22-41-31(38)43-24-19-26-45-47(40,34-30(33)35(4)28(29(36)37)21-10-7-3)46-27-20-25-44-32(39)42-23-18-16-14-12-9-6-2/h28H,5-27H2,1-4H3,(H,36,37)(H2,33,34,40). The molecular weight excluding hydrogens is 633 g/mol. The number of hydrogen-bond donors (Lipinski definition) is 3. The summed E-state index contributed by atoms with van der Waals surface area (Å²) in [5.41, 5.74) is 0. The van der Waals surface area contributed by atoms with Gasteiger partial charge in [-0.1, -0.05) is 97.8 Å². The van der Waals surface area contributed by atoms with Crippen molar-refractivity contribution in [1.82, 2.24) is 9.99 Å². The smallest absolute Gasteiger partial charge is 0.480 e. The van der Waals surface area contributed by atoms with Gasteiger partial charge in [-0.25, -0.2) is 18.9 Å². The number of aliphatic carboxylic acids is 1. The highest BCUT2D eigenvalue weighted by Crippen LogP contribution is 2.44. The van der Waals surface area contributed by atoms with Gasteiger partial charge in [0.25, 0.3) is 0 Å². The van der Waals surface area contributed by atoms with Gasteiger partial charge >= 0.3 is 26.0 Å². The van der Waals surface area contributed by atoms with E-state index in [2.05, 4.69) is 18.9 Å². The average Bonchev–Trinajstić information content (AvgIpc) is 3.03. The van der Waals surface area contributed by atoms with Gasteiger partial charge in [0.05, 0.1) is 39.6 Å². The fourth-order valence-electron chi connectivity index (χ4n) is 4.30. The second kappa shape index (κ2) is 29.6. The van der Waals surface area contributed by atoms with Gasteiger partial charge in [-0.05, 0) is 19.3 Å². The molecule has 0 aliphatic carbocycles. The minimum atomic E-state index is -4.17. The van der Waals surface area contributed by atoms with Crippen molar-refractivity contribution in [2.75, 3.05) is 46.7 Å². The lowest BCUT2D eigenvalue weighted by atomic mass is 10.1. The monoisotopic (exact) mass is 695 g/mol. The summed E-state index contributed by atoms with van der Waals surface area (Å²) in [5, 5.41) is 20.4. The minimum Gasteiger partial charge on any atom is -0.480 e. The van der Waals surface area contributed by atoms with Crippen LogP contribution in [-0.2, 0) is 37.4 Å². The Balaban J connectivity index is 4.75. The molecule has 0 aromatic carbocycles. The fourth-order valence-corrected chi connectivity index (χ4v) is 5.66. The topological polar surface area (TPSA) is 183 Å². The molecule has 0 saturated heterocycles. The number of ether oxygens (including phenoxy) is 4. The molecule has 0 aromatic heterocycles. The Labute approximate surface area is 282 Å². The number of carboxylic acid groups (broad SMARTS) is 1. The molecule has 3 N–H and O–H groups in total. The summed E-state index contributed by atoms with van der Waals surface area (Å²) in [7, 11) is -2.77. The van der Waals surface area contributed by atoms with Crippen LogP contribution in [0.4, 0.5) is 9.59 Å². The first kappa shape index (κ1) is 44.4. The van der Waals surface area contributed by atoms with Crippen molar-refractivity contribution in [3.63, 3.8) is 0 Å². The van der Waals surface area contributed by atoms with E-state index in [1.165, 1.54) is 45.6 Å². The molecular formula is C32H62N3O11P. The first-order chi connectivity index (χ1) is 22.6. The van der Waals surface area contributed by atoms with Crippen molar-refractivity contribution in [2.45, 2.75) is 136 Å². The van der Waals surface area contributed by atoms with Gasteiger partial charge < -0.3 is 29.0 Å². The Morgan fingerprint density at radius 1 is 0.638 bits per heavy atom. The van der Waals surface area contributed by atoms with E-state index in [1.807, 2.05) is 6.92 Å². The Morgan fingerprint density at radius 2 is 1.02 bits per heavy atom. The number of nitrogens with zero attached hydrogens (tertiary/aromatic N) is 1. The van der Waals surface area contributed by atoms with Gasteiger partial charge in [0.2, 0.25) is 5.96 Å². The number of carboxylic acids is 1. The van der Waals surface area contributed by atoms with E-state index < -0.39 is 38.0 Å². The molecule has 0 bridgehead atoms. The maximum absolute atomic E-state index is 13.5. The fraction of sp³-hybridized carbons (Fsp3) is 0.875. The number of guanidine groups is 1. The summed E-state index contributed by atoms with van der Waals surface area (Å²) < 4.78 is 44.7. The van der Waals surface area contributed by atoms with Crippen LogP contribution in [0.3, 0.4) is 0 Å². The van der Waals surface area contributed by atoms with Crippen molar-refractivity contribution in [1.29, 1.82) is 5.41 Å². The van der Waals surface area contributed by atoms with E-state index in [9.17, 15) is 24.1 Å². The molecule has 1 unspecified atom stereocenters. The summed E-state index contributed by atoms with van der Waals surface area (Å²) in [6.07, 6.45) is 13.2. The van der Waals surface area contributed by atoms with Crippen LogP contribution in [0.25, 0.3) is 0 Å². The third-order valence-electron chi connectivity index (χ3n) is 7.15. The zero-order valence-corrected chi connectivity index (χ0v) is 30.2. The molecule has 0 aliphatic rings. The summed E-state index contributed by atoms with van der Waals surface area (Å²) in [5.74, 6) is -1.58. The van der Waals surface area contributed by atoms with Gasteiger partial charge in [0, 0.05) is 19.9 Å². The first-order valence-electron chi connectivity index (χ1n) is 17.4. The molecule has 15 heteroatoms. The van der Waals surface area contributed by atoms with Crippen LogP contribution >= 0.6 is 7.75 Å². The largest absolute Gasteiger partial charge is 0.508 e. The number of nitrogens with one attached hydrogen (secondary N) is 2. The molecule has 0 rings (SSSR count). The second-order valence-corrected chi connectivity index (χ2v) is 13.1. The Hall–Kier alpha value is -2.57. The van der Waals surface area contributed by atoms with Crippen LogP contribution < -0.4 is 5.09 Å². The summed E-state index contributed by atoms with van der Waals surface area (Å²) >= 11 is 0. The third kappa shape index (κ3) is 25.2. The molecule has 0 fully saturated rings. The van der Waals surface area contributed by atoms with Gasteiger partial charge in [0.1, 0.15) is 6.04 Å². The Kier molecular flexibility index (Phi) is 27.9. The van der Waals surface area contributed by atoms with Crippen LogP contribution in [-0.4, -0.2) is 87.0 Å². The summed E-state index contributed by atoms with van der Waals surface area (Å²) in [6, 6.07) is -1.02. The van der Waals surface area contributed by atoms with Crippen LogP contribution in [0, 0.1) is 5.41 Å².